The Balaban J connectivity index is 2.20. The first-order valence-electron chi connectivity index (χ1n) is 6.22. The van der Waals surface area contributed by atoms with Crippen molar-refractivity contribution in [2.75, 3.05) is 0 Å². The minimum Gasteiger partial charge on any atom is -0.508 e. The van der Waals surface area contributed by atoms with Crippen molar-refractivity contribution in [3.8, 4) is 5.75 Å². The molecule has 0 heterocycles. The predicted octanol–water partition coefficient (Wildman–Crippen LogP) is 2.50. The third kappa shape index (κ3) is 3.16. The molecule has 1 aliphatic carbocycles. The van der Waals surface area contributed by atoms with Gasteiger partial charge in [0.15, 0.2) is 5.78 Å². The van der Waals surface area contributed by atoms with Crippen LogP contribution in [-0.4, -0.2) is 26.7 Å². The Morgan fingerprint density at radius 3 is 2.45 bits per heavy atom. The molecule has 104 valence electrons. The molecule has 4 nitrogen and oxygen atoms in total. The van der Waals surface area contributed by atoms with Gasteiger partial charge < -0.3 is 15.3 Å². The molecule has 1 atom stereocenters. The van der Waals surface area contributed by atoms with Crippen LogP contribution < -0.4 is 0 Å². The van der Waals surface area contributed by atoms with Gasteiger partial charge >= 0.3 is 0 Å². The molecule has 0 radical (unpaired) electrons. The molecule has 0 amide bonds. The molecule has 0 fully saturated rings. The largest absolute Gasteiger partial charge is 0.508 e. The van der Waals surface area contributed by atoms with Crippen molar-refractivity contribution >= 4 is 11.9 Å². The highest BCUT2D eigenvalue weighted by Crippen LogP contribution is 2.28. The molecule has 3 N–H and O–H groups in total. The summed E-state index contributed by atoms with van der Waals surface area (Å²) in [6, 6.07) is 6.61. The van der Waals surface area contributed by atoms with Crippen molar-refractivity contribution in [2.24, 2.45) is 0 Å². The van der Waals surface area contributed by atoms with Crippen LogP contribution in [0.5, 0.6) is 5.75 Å². The summed E-state index contributed by atoms with van der Waals surface area (Å²) in [5, 5.41) is 28.9. The van der Waals surface area contributed by atoms with Crippen LogP contribution in [0.4, 0.5) is 0 Å². The van der Waals surface area contributed by atoms with Gasteiger partial charge in [0.2, 0.25) is 0 Å². The van der Waals surface area contributed by atoms with Crippen molar-refractivity contribution in [1.82, 2.24) is 0 Å². The van der Waals surface area contributed by atoms with Crippen LogP contribution in [0.25, 0.3) is 6.08 Å². The first-order chi connectivity index (χ1) is 9.39. The Hall–Kier alpha value is -2.33. The molecule has 0 saturated carbocycles. The SMILES string of the molecule is CC(=O)C1(O)C=C(O)C=C(C=Cc2ccc(O)cc2)C1. The lowest BCUT2D eigenvalue weighted by Gasteiger charge is -2.25. The zero-order valence-corrected chi connectivity index (χ0v) is 11.1. The van der Waals surface area contributed by atoms with Crippen molar-refractivity contribution in [3.05, 3.63) is 59.4 Å². The van der Waals surface area contributed by atoms with E-state index in [0.29, 0.717) is 5.57 Å². The van der Waals surface area contributed by atoms with Crippen LogP contribution >= 0.6 is 0 Å². The number of phenolic OH excluding ortho intramolecular Hbond substituents is 1. The molecule has 0 aromatic heterocycles. The quantitative estimate of drug-likeness (QED) is 0.790. The van der Waals surface area contributed by atoms with E-state index in [9.17, 15) is 20.1 Å². The highest BCUT2D eigenvalue weighted by atomic mass is 16.3. The highest BCUT2D eigenvalue weighted by Gasteiger charge is 2.33. The smallest absolute Gasteiger partial charge is 0.165 e. The van der Waals surface area contributed by atoms with Gasteiger partial charge in [-0.15, -0.1) is 0 Å². The molecule has 0 spiro atoms. The maximum Gasteiger partial charge on any atom is 0.165 e. The molecule has 0 saturated heterocycles. The molecule has 4 heteroatoms. The summed E-state index contributed by atoms with van der Waals surface area (Å²) in [6.07, 6.45) is 6.30. The maximum atomic E-state index is 11.4. The molecule has 20 heavy (non-hydrogen) atoms. The minimum atomic E-state index is -1.65. The van der Waals surface area contributed by atoms with Crippen LogP contribution in [0.1, 0.15) is 18.9 Å². The number of aromatic hydroxyl groups is 1. The van der Waals surface area contributed by atoms with Gasteiger partial charge in [0.1, 0.15) is 17.1 Å². The standard InChI is InChI=1S/C16H16O4/c1-11(17)16(20)9-13(8-15(19)10-16)3-2-12-4-6-14(18)7-5-12/h2-8,10,18-20H,9H2,1H3. The number of rotatable bonds is 3. The Kier molecular flexibility index (Phi) is 3.77. The summed E-state index contributed by atoms with van der Waals surface area (Å²) in [4.78, 5) is 11.4. The van der Waals surface area contributed by atoms with Gasteiger partial charge in [0.25, 0.3) is 0 Å². The number of Topliss-reactive ketones (excluding diaryl/α,β-unsaturated/α-hetero) is 1. The Bertz CT molecular complexity index is 608. The van der Waals surface area contributed by atoms with Crippen molar-refractivity contribution in [2.45, 2.75) is 18.9 Å². The zero-order chi connectivity index (χ0) is 14.8. The van der Waals surface area contributed by atoms with Crippen molar-refractivity contribution in [1.29, 1.82) is 0 Å². The highest BCUT2D eigenvalue weighted by molar-refractivity contribution is 5.88. The number of allylic oxidation sites excluding steroid dienone is 2. The fraction of sp³-hybridized carbons (Fsp3) is 0.188. The summed E-state index contributed by atoms with van der Waals surface area (Å²) in [6.45, 7) is 1.29. The molecular weight excluding hydrogens is 256 g/mol. The number of carbonyl (C=O) groups excluding carboxylic acids is 1. The average Bonchev–Trinajstić information content (AvgIpc) is 2.37. The Labute approximate surface area is 117 Å². The van der Waals surface area contributed by atoms with Gasteiger partial charge in [-0.2, -0.15) is 0 Å². The lowest BCUT2D eigenvalue weighted by molar-refractivity contribution is -0.130. The van der Waals surface area contributed by atoms with Crippen molar-refractivity contribution in [3.63, 3.8) is 0 Å². The van der Waals surface area contributed by atoms with Crippen LogP contribution in [0.2, 0.25) is 0 Å². The third-order valence-electron chi connectivity index (χ3n) is 3.19. The van der Waals surface area contributed by atoms with E-state index in [2.05, 4.69) is 0 Å². The number of aliphatic hydroxyl groups is 2. The fourth-order valence-electron chi connectivity index (χ4n) is 2.01. The summed E-state index contributed by atoms with van der Waals surface area (Å²) < 4.78 is 0. The van der Waals surface area contributed by atoms with E-state index >= 15 is 0 Å². The van der Waals surface area contributed by atoms with Gasteiger partial charge in [0.05, 0.1) is 0 Å². The molecule has 1 aromatic rings. The molecule has 0 bridgehead atoms. The van der Waals surface area contributed by atoms with Gasteiger partial charge in [-0.05, 0) is 42.3 Å². The Morgan fingerprint density at radius 2 is 1.85 bits per heavy atom. The molecular formula is C16H16O4. The molecule has 1 aliphatic rings. The topological polar surface area (TPSA) is 77.8 Å². The van der Waals surface area contributed by atoms with E-state index in [1.807, 2.05) is 0 Å². The van der Waals surface area contributed by atoms with Gasteiger partial charge in [0, 0.05) is 6.42 Å². The molecule has 1 unspecified atom stereocenters. The fourth-order valence-corrected chi connectivity index (χ4v) is 2.01. The Morgan fingerprint density at radius 1 is 1.20 bits per heavy atom. The minimum absolute atomic E-state index is 0.126. The van der Waals surface area contributed by atoms with Crippen LogP contribution in [0.15, 0.2) is 53.8 Å². The van der Waals surface area contributed by atoms with Crippen molar-refractivity contribution < 1.29 is 20.1 Å². The van der Waals surface area contributed by atoms with Crippen LogP contribution in [0, 0.1) is 0 Å². The van der Waals surface area contributed by atoms with E-state index in [1.165, 1.54) is 13.0 Å². The van der Waals surface area contributed by atoms with Gasteiger partial charge in [-0.25, -0.2) is 0 Å². The van der Waals surface area contributed by atoms with Gasteiger partial charge in [-0.1, -0.05) is 24.3 Å². The first kappa shape index (κ1) is 14.1. The number of carbonyl (C=O) groups is 1. The number of hydrogen-bond acceptors (Lipinski definition) is 4. The van der Waals surface area contributed by atoms with E-state index in [-0.39, 0.29) is 17.9 Å². The molecule has 1 aromatic carbocycles. The monoisotopic (exact) mass is 272 g/mol. The van der Waals surface area contributed by atoms with E-state index in [1.54, 1.807) is 36.4 Å². The summed E-state index contributed by atoms with van der Waals surface area (Å²) >= 11 is 0. The predicted molar refractivity (Wildman–Crippen MR) is 76.2 cm³/mol. The maximum absolute atomic E-state index is 11.4. The first-order valence-corrected chi connectivity index (χ1v) is 6.22. The van der Waals surface area contributed by atoms with E-state index in [4.69, 9.17) is 0 Å². The summed E-state index contributed by atoms with van der Waals surface area (Å²) in [7, 11) is 0. The number of aliphatic hydroxyl groups excluding tert-OH is 1. The summed E-state index contributed by atoms with van der Waals surface area (Å²) in [5.74, 6) is -0.349. The third-order valence-corrected chi connectivity index (χ3v) is 3.19. The van der Waals surface area contributed by atoms with Gasteiger partial charge in [-0.3, -0.25) is 4.79 Å². The number of ketones is 1. The second-order valence-corrected chi connectivity index (χ2v) is 4.87. The van der Waals surface area contributed by atoms with E-state index in [0.717, 1.165) is 11.6 Å². The lowest BCUT2D eigenvalue weighted by Crippen LogP contribution is -2.36. The average molecular weight is 272 g/mol. The molecule has 0 aliphatic heterocycles. The zero-order valence-electron chi connectivity index (χ0n) is 11.1. The normalized spacial score (nSPS) is 22.5. The summed E-state index contributed by atoms with van der Waals surface area (Å²) in [5.41, 5.74) is -0.132. The van der Waals surface area contributed by atoms with Crippen LogP contribution in [0.3, 0.4) is 0 Å². The van der Waals surface area contributed by atoms with E-state index < -0.39 is 11.4 Å². The lowest BCUT2D eigenvalue weighted by atomic mass is 9.86. The second-order valence-electron chi connectivity index (χ2n) is 4.87. The second kappa shape index (κ2) is 5.35. The van der Waals surface area contributed by atoms with Crippen LogP contribution in [-0.2, 0) is 4.79 Å². The number of phenols is 1. The molecule has 2 rings (SSSR count). The number of hydrogen-bond donors (Lipinski definition) is 3. The number of benzene rings is 1.